The quantitative estimate of drug-likeness (QED) is 0.820. The van der Waals surface area contributed by atoms with E-state index >= 15 is 0 Å². The van der Waals surface area contributed by atoms with Crippen LogP contribution in [0.15, 0.2) is 12.4 Å². The van der Waals surface area contributed by atoms with Crippen LogP contribution in [-0.2, 0) is 11.8 Å². The highest BCUT2D eigenvalue weighted by Crippen LogP contribution is 2.17. The molecule has 1 aromatic rings. The number of halogens is 1. The summed E-state index contributed by atoms with van der Waals surface area (Å²) in [7, 11) is 1.83. The Bertz CT molecular complexity index is 361. The van der Waals surface area contributed by atoms with E-state index in [9.17, 15) is 4.79 Å². The fraction of sp³-hybridized carbons (Fsp3) is 0.600. The summed E-state index contributed by atoms with van der Waals surface area (Å²) in [5.74, 6) is 0.614. The van der Waals surface area contributed by atoms with Gasteiger partial charge in [-0.25, -0.2) is 0 Å². The summed E-state index contributed by atoms with van der Waals surface area (Å²) in [6.45, 7) is 3.86. The maximum atomic E-state index is 11.8. The molecule has 1 fully saturated rings. The molecule has 0 spiro atoms. The van der Waals surface area contributed by atoms with E-state index in [1.54, 1.807) is 17.1 Å². The minimum atomic E-state index is 0. The summed E-state index contributed by atoms with van der Waals surface area (Å²) in [4.78, 5) is 11.8. The lowest BCUT2D eigenvalue weighted by atomic mass is 9.88. The number of hydrogen-bond acceptors (Lipinski definition) is 3. The first-order valence-corrected chi connectivity index (χ1v) is 5.17. The van der Waals surface area contributed by atoms with Gasteiger partial charge < -0.3 is 10.6 Å². The Hall–Kier alpha value is -1.07. The third-order valence-electron chi connectivity index (χ3n) is 2.91. The molecule has 0 aromatic carbocycles. The molecule has 1 saturated heterocycles. The maximum absolute atomic E-state index is 11.8. The van der Waals surface area contributed by atoms with Crippen LogP contribution in [0.2, 0.25) is 0 Å². The van der Waals surface area contributed by atoms with Crippen LogP contribution in [-0.4, -0.2) is 28.8 Å². The molecule has 2 N–H and O–H groups in total. The van der Waals surface area contributed by atoms with E-state index in [1.165, 1.54) is 0 Å². The number of aromatic nitrogens is 2. The predicted octanol–water partition coefficient (Wildman–Crippen LogP) is 0.636. The van der Waals surface area contributed by atoms with Gasteiger partial charge in [0.25, 0.3) is 0 Å². The fourth-order valence-corrected chi connectivity index (χ4v) is 1.62. The third kappa shape index (κ3) is 2.74. The predicted molar refractivity (Wildman–Crippen MR) is 64.6 cm³/mol. The van der Waals surface area contributed by atoms with Crippen LogP contribution in [0, 0.1) is 11.8 Å². The van der Waals surface area contributed by atoms with Crippen molar-refractivity contribution in [3.8, 4) is 0 Å². The summed E-state index contributed by atoms with van der Waals surface area (Å²) in [5.41, 5.74) is 0.765. The molecule has 6 heteroatoms. The summed E-state index contributed by atoms with van der Waals surface area (Å²) in [6.07, 6.45) is 3.45. The van der Waals surface area contributed by atoms with Crippen molar-refractivity contribution in [2.75, 3.05) is 18.4 Å². The molecule has 1 unspecified atom stereocenters. The monoisotopic (exact) mass is 244 g/mol. The van der Waals surface area contributed by atoms with Crippen molar-refractivity contribution in [2.24, 2.45) is 18.9 Å². The number of carbonyl (C=O) groups is 1. The van der Waals surface area contributed by atoms with Crippen LogP contribution in [0.25, 0.3) is 0 Å². The van der Waals surface area contributed by atoms with Crippen molar-refractivity contribution in [3.63, 3.8) is 0 Å². The molecule has 90 valence electrons. The van der Waals surface area contributed by atoms with E-state index in [2.05, 4.69) is 15.7 Å². The van der Waals surface area contributed by atoms with Gasteiger partial charge in [-0.1, -0.05) is 6.92 Å². The van der Waals surface area contributed by atoms with Gasteiger partial charge >= 0.3 is 0 Å². The van der Waals surface area contributed by atoms with Crippen LogP contribution >= 0.6 is 12.4 Å². The zero-order valence-corrected chi connectivity index (χ0v) is 10.3. The number of nitrogens with one attached hydrogen (secondary N) is 2. The van der Waals surface area contributed by atoms with Gasteiger partial charge in [-0.3, -0.25) is 9.48 Å². The van der Waals surface area contributed by atoms with Crippen LogP contribution in [0.4, 0.5) is 5.69 Å². The van der Waals surface area contributed by atoms with Crippen molar-refractivity contribution in [2.45, 2.75) is 6.92 Å². The number of nitrogens with zero attached hydrogens (tertiary/aromatic N) is 2. The third-order valence-corrected chi connectivity index (χ3v) is 2.91. The van der Waals surface area contributed by atoms with E-state index < -0.39 is 0 Å². The molecule has 0 bridgehead atoms. The molecule has 5 nitrogen and oxygen atoms in total. The second kappa shape index (κ2) is 5.32. The lowest BCUT2D eigenvalue weighted by Gasteiger charge is -2.31. The SMILES string of the molecule is CC(C(=O)Nc1cnn(C)c1)C1CNC1.Cl. The van der Waals surface area contributed by atoms with Crippen molar-refractivity contribution >= 4 is 24.0 Å². The van der Waals surface area contributed by atoms with Crippen molar-refractivity contribution < 1.29 is 4.79 Å². The summed E-state index contributed by atoms with van der Waals surface area (Å²) in [6, 6.07) is 0. The van der Waals surface area contributed by atoms with Gasteiger partial charge in [0.2, 0.25) is 5.91 Å². The topological polar surface area (TPSA) is 59.0 Å². The minimum Gasteiger partial charge on any atom is -0.323 e. The Balaban J connectivity index is 0.00000128. The molecule has 1 aromatic heterocycles. The number of carbonyl (C=O) groups excluding carboxylic acids is 1. The second-order valence-corrected chi connectivity index (χ2v) is 4.10. The summed E-state index contributed by atoms with van der Waals surface area (Å²) < 4.78 is 1.67. The molecule has 0 saturated carbocycles. The lowest BCUT2D eigenvalue weighted by molar-refractivity contribution is -0.121. The van der Waals surface area contributed by atoms with E-state index in [-0.39, 0.29) is 24.2 Å². The number of hydrogen-bond donors (Lipinski definition) is 2. The molecule has 0 aliphatic carbocycles. The molecule has 1 atom stereocenters. The van der Waals surface area contributed by atoms with Gasteiger partial charge in [0.1, 0.15) is 0 Å². The number of amides is 1. The highest BCUT2D eigenvalue weighted by Gasteiger charge is 2.28. The Labute approximate surface area is 101 Å². The first-order valence-electron chi connectivity index (χ1n) is 5.17. The maximum Gasteiger partial charge on any atom is 0.227 e. The zero-order valence-electron chi connectivity index (χ0n) is 9.43. The molecule has 1 amide bonds. The highest BCUT2D eigenvalue weighted by atomic mass is 35.5. The van der Waals surface area contributed by atoms with Gasteiger partial charge in [-0.05, 0) is 19.0 Å². The van der Waals surface area contributed by atoms with Crippen LogP contribution in [0.5, 0.6) is 0 Å². The van der Waals surface area contributed by atoms with E-state index in [1.807, 2.05) is 14.0 Å². The number of rotatable bonds is 3. The average Bonchev–Trinajstić information content (AvgIpc) is 2.48. The van der Waals surface area contributed by atoms with Gasteiger partial charge in [0, 0.05) is 19.2 Å². The van der Waals surface area contributed by atoms with E-state index in [0.717, 1.165) is 18.8 Å². The molecular weight excluding hydrogens is 228 g/mol. The van der Waals surface area contributed by atoms with Gasteiger partial charge in [-0.15, -0.1) is 12.4 Å². The number of anilines is 1. The molecule has 0 radical (unpaired) electrons. The highest BCUT2D eigenvalue weighted by molar-refractivity contribution is 5.92. The van der Waals surface area contributed by atoms with Crippen molar-refractivity contribution in [1.29, 1.82) is 0 Å². The van der Waals surface area contributed by atoms with Crippen molar-refractivity contribution in [3.05, 3.63) is 12.4 Å². The van der Waals surface area contributed by atoms with Crippen LogP contribution < -0.4 is 10.6 Å². The standard InChI is InChI=1S/C10H16N4O.ClH/c1-7(8-3-11-4-8)10(15)13-9-5-12-14(2)6-9;/h5-8,11H,3-4H2,1-2H3,(H,13,15);1H. The van der Waals surface area contributed by atoms with Gasteiger partial charge in [-0.2, -0.15) is 5.10 Å². The summed E-state index contributed by atoms with van der Waals surface area (Å²) in [5, 5.41) is 10.0. The average molecular weight is 245 g/mol. The molecule has 1 aliphatic heterocycles. The van der Waals surface area contributed by atoms with Gasteiger partial charge in [0.15, 0.2) is 0 Å². The first kappa shape index (κ1) is 13.0. The van der Waals surface area contributed by atoms with E-state index in [0.29, 0.717) is 5.92 Å². The van der Waals surface area contributed by atoms with E-state index in [4.69, 9.17) is 0 Å². The Morgan fingerprint density at radius 3 is 2.81 bits per heavy atom. The Morgan fingerprint density at radius 2 is 2.38 bits per heavy atom. The fourth-order valence-electron chi connectivity index (χ4n) is 1.62. The smallest absolute Gasteiger partial charge is 0.227 e. The zero-order chi connectivity index (χ0) is 10.8. The van der Waals surface area contributed by atoms with Crippen molar-refractivity contribution in [1.82, 2.24) is 15.1 Å². The molecule has 2 rings (SSSR count). The normalized spacial score (nSPS) is 17.1. The summed E-state index contributed by atoms with van der Waals surface area (Å²) >= 11 is 0. The molecule has 2 heterocycles. The second-order valence-electron chi connectivity index (χ2n) is 4.10. The Kier molecular flexibility index (Phi) is 4.32. The van der Waals surface area contributed by atoms with Gasteiger partial charge in [0.05, 0.1) is 11.9 Å². The minimum absolute atomic E-state index is 0. The Morgan fingerprint density at radius 1 is 1.69 bits per heavy atom. The number of aryl methyl sites for hydroxylation is 1. The largest absolute Gasteiger partial charge is 0.323 e. The molecule has 16 heavy (non-hydrogen) atoms. The lowest BCUT2D eigenvalue weighted by Crippen LogP contribution is -2.48. The van der Waals surface area contributed by atoms with Crippen LogP contribution in [0.3, 0.4) is 0 Å². The molecular formula is C10H17ClN4O. The van der Waals surface area contributed by atoms with Crippen LogP contribution in [0.1, 0.15) is 6.92 Å². The first-order chi connectivity index (χ1) is 7.16. The molecule has 1 aliphatic rings.